The Morgan fingerprint density at radius 1 is 0.971 bits per heavy atom. The second-order valence-corrected chi connectivity index (χ2v) is 8.82. The summed E-state index contributed by atoms with van der Waals surface area (Å²) in [6.45, 7) is 0.850. The molecule has 3 unspecified atom stereocenters. The first-order valence-electron chi connectivity index (χ1n) is 10.8. The number of hydrogen-bond donors (Lipinski definition) is 3. The molecule has 0 radical (unpaired) electrons. The Morgan fingerprint density at radius 2 is 1.65 bits per heavy atom. The lowest BCUT2D eigenvalue weighted by atomic mass is 9.70. The molecule has 3 atom stereocenters. The third kappa shape index (κ3) is 4.94. The van der Waals surface area contributed by atoms with Crippen molar-refractivity contribution in [1.29, 1.82) is 0 Å². The molecule has 0 saturated carbocycles. The zero-order valence-electron chi connectivity index (χ0n) is 18.9. The van der Waals surface area contributed by atoms with E-state index in [4.69, 9.17) is 0 Å². The van der Waals surface area contributed by atoms with E-state index in [2.05, 4.69) is 0 Å². The summed E-state index contributed by atoms with van der Waals surface area (Å²) in [5.41, 5.74) is 2.65. The highest BCUT2D eigenvalue weighted by Gasteiger charge is 2.40. The molecule has 8 heteroatoms. The quantitative estimate of drug-likeness (QED) is 0.561. The predicted octanol–water partition coefficient (Wildman–Crippen LogP) is 2.64. The second-order valence-electron chi connectivity index (χ2n) is 8.82. The van der Waals surface area contributed by atoms with Crippen molar-refractivity contribution in [2.75, 3.05) is 6.61 Å². The predicted molar refractivity (Wildman–Crippen MR) is 130 cm³/mol. The maximum atomic E-state index is 12.8. The lowest BCUT2D eigenvalue weighted by molar-refractivity contribution is -0.123. The van der Waals surface area contributed by atoms with Crippen molar-refractivity contribution >= 4 is 17.3 Å². The molecule has 0 heterocycles. The van der Waals surface area contributed by atoms with E-state index >= 15 is 0 Å². The van der Waals surface area contributed by atoms with Crippen molar-refractivity contribution < 1.29 is 43.5 Å². The number of allylic oxidation sites excluding steroid dienone is 1. The summed E-state index contributed by atoms with van der Waals surface area (Å²) in [5, 5.41) is 30.8. The van der Waals surface area contributed by atoms with Crippen LogP contribution in [0.1, 0.15) is 45.0 Å². The normalized spacial score (nSPS) is 21.9. The van der Waals surface area contributed by atoms with Crippen molar-refractivity contribution in [2.24, 2.45) is 17.8 Å². The van der Waals surface area contributed by atoms with Gasteiger partial charge in [0, 0.05) is 21.6 Å². The average molecular weight is 475 g/mol. The van der Waals surface area contributed by atoms with Gasteiger partial charge in [-0.3, -0.25) is 14.4 Å². The summed E-state index contributed by atoms with van der Waals surface area (Å²) in [5.74, 6) is -2.61. The van der Waals surface area contributed by atoms with E-state index in [0.29, 0.717) is 18.4 Å². The Labute approximate surface area is 200 Å². The Balaban J connectivity index is 0.00000306. The molecule has 7 N–H and O–H groups in total. The van der Waals surface area contributed by atoms with Gasteiger partial charge in [0.1, 0.15) is 11.5 Å². The van der Waals surface area contributed by atoms with Crippen molar-refractivity contribution in [3.63, 3.8) is 0 Å². The van der Waals surface area contributed by atoms with Gasteiger partial charge in [-0.2, -0.15) is 0 Å². The lowest BCUT2D eigenvalue weighted by Gasteiger charge is -2.34. The topological polar surface area (TPSA) is 175 Å². The number of fused-ring (bicyclic) bond motifs is 1. The molecule has 0 spiro atoms. The molecule has 0 amide bonds. The number of aliphatic hydroxyl groups is 2. The zero-order valence-corrected chi connectivity index (χ0v) is 18.9. The Morgan fingerprint density at radius 3 is 2.26 bits per heavy atom. The van der Waals surface area contributed by atoms with Crippen LogP contribution in [0.15, 0.2) is 53.8 Å². The van der Waals surface area contributed by atoms with Gasteiger partial charge in [-0.25, -0.2) is 0 Å². The number of phenolic OH excluding ortho intramolecular Hbond substituents is 1. The summed E-state index contributed by atoms with van der Waals surface area (Å²) in [7, 11) is 0. The number of rotatable bonds is 5. The minimum atomic E-state index is -0.702. The minimum Gasteiger partial charge on any atom is -0.511 e. The molecule has 0 fully saturated rings. The summed E-state index contributed by atoms with van der Waals surface area (Å²) in [4.78, 5) is 37.0. The monoisotopic (exact) mass is 474 g/mol. The van der Waals surface area contributed by atoms with Gasteiger partial charge in [0.25, 0.3) is 0 Å². The van der Waals surface area contributed by atoms with Crippen LogP contribution in [-0.4, -0.2) is 50.2 Å². The molecule has 0 aliphatic heterocycles. The number of carbonyl (C=O) groups excluding carboxylic acids is 3. The third-order valence-electron chi connectivity index (χ3n) is 6.66. The van der Waals surface area contributed by atoms with Crippen LogP contribution in [0.3, 0.4) is 0 Å². The first-order valence-corrected chi connectivity index (χ1v) is 10.8. The molecule has 8 nitrogen and oxygen atoms in total. The number of carbonyl (C=O) groups is 3. The fraction of sp³-hybridized carbons (Fsp3) is 0.346. The van der Waals surface area contributed by atoms with Crippen LogP contribution < -0.4 is 0 Å². The molecular weight excluding hydrogens is 440 g/mol. The van der Waals surface area contributed by atoms with Gasteiger partial charge in [0.05, 0.1) is 17.7 Å². The molecule has 0 saturated heterocycles. The Kier molecular flexibility index (Phi) is 8.50. The summed E-state index contributed by atoms with van der Waals surface area (Å²) < 4.78 is 0. The maximum absolute atomic E-state index is 12.8. The van der Waals surface area contributed by atoms with E-state index in [9.17, 15) is 29.7 Å². The molecular formula is C26H34O8. The van der Waals surface area contributed by atoms with Gasteiger partial charge < -0.3 is 26.3 Å². The molecule has 186 valence electrons. The van der Waals surface area contributed by atoms with Gasteiger partial charge in [-0.1, -0.05) is 36.4 Å². The first-order chi connectivity index (χ1) is 15.3. The summed E-state index contributed by atoms with van der Waals surface area (Å²) in [6.07, 6.45) is 1.27. The van der Waals surface area contributed by atoms with Crippen molar-refractivity contribution in [2.45, 2.75) is 32.6 Å². The second kappa shape index (κ2) is 10.7. The Hall–Kier alpha value is -3.33. The third-order valence-corrected chi connectivity index (χ3v) is 6.66. The van der Waals surface area contributed by atoms with Crippen LogP contribution in [0.2, 0.25) is 0 Å². The maximum Gasteiger partial charge on any atom is 0.170 e. The van der Waals surface area contributed by atoms with Gasteiger partial charge in [0.2, 0.25) is 0 Å². The highest BCUT2D eigenvalue weighted by molar-refractivity contribution is 6.20. The lowest BCUT2D eigenvalue weighted by Crippen LogP contribution is -2.35. The van der Waals surface area contributed by atoms with E-state index in [0.717, 1.165) is 16.7 Å². The fourth-order valence-corrected chi connectivity index (χ4v) is 5.20. The number of Topliss-reactive ketones (excluding diaryl/α,β-unsaturated/α-hetero) is 3. The highest BCUT2D eigenvalue weighted by Crippen LogP contribution is 2.41. The average Bonchev–Trinajstić information content (AvgIpc) is 2.73. The fourth-order valence-electron chi connectivity index (χ4n) is 5.20. The van der Waals surface area contributed by atoms with Crippen molar-refractivity contribution in [1.82, 2.24) is 0 Å². The molecule has 2 aromatic carbocycles. The van der Waals surface area contributed by atoms with Crippen LogP contribution >= 0.6 is 0 Å². The number of benzene rings is 2. The van der Waals surface area contributed by atoms with Gasteiger partial charge in [-0.05, 0) is 54.4 Å². The minimum absolute atomic E-state index is 0. The largest absolute Gasteiger partial charge is 0.511 e. The van der Waals surface area contributed by atoms with E-state index in [-0.39, 0.29) is 68.0 Å². The molecule has 34 heavy (non-hydrogen) atoms. The van der Waals surface area contributed by atoms with Gasteiger partial charge in [-0.15, -0.1) is 0 Å². The van der Waals surface area contributed by atoms with E-state index in [1.807, 2.05) is 36.4 Å². The van der Waals surface area contributed by atoms with Crippen molar-refractivity contribution in [3.8, 4) is 16.9 Å². The van der Waals surface area contributed by atoms with Crippen LogP contribution in [0.25, 0.3) is 11.1 Å². The first kappa shape index (κ1) is 26.9. The zero-order chi connectivity index (χ0) is 23.0. The molecule has 0 bridgehead atoms. The molecule has 2 aromatic rings. The standard InChI is InChI=1S/C26H26O6.2H2O.2H2/c1-14(28)24-22(30)12-18(20(13-27)26(24)32)7-15-8-19-10-17(16-5-3-2-4-6-16)11-23(31)25(19)21(29)9-15;;;;/h2-6,10-11,15,18,20,27,31-32H,7-9,12-13H2,1H3;2*1H2;2*1H. The van der Waals surface area contributed by atoms with Gasteiger partial charge in [0.15, 0.2) is 17.3 Å². The van der Waals surface area contributed by atoms with Crippen LogP contribution in [-0.2, 0) is 16.0 Å². The molecule has 2 aliphatic rings. The van der Waals surface area contributed by atoms with Crippen LogP contribution in [0, 0.1) is 17.8 Å². The van der Waals surface area contributed by atoms with Crippen molar-refractivity contribution in [3.05, 3.63) is 64.9 Å². The van der Waals surface area contributed by atoms with Crippen LogP contribution in [0.4, 0.5) is 0 Å². The van der Waals surface area contributed by atoms with Gasteiger partial charge >= 0.3 is 0 Å². The highest BCUT2D eigenvalue weighted by atomic mass is 16.3. The van der Waals surface area contributed by atoms with Crippen LogP contribution in [0.5, 0.6) is 5.75 Å². The van der Waals surface area contributed by atoms with E-state index in [1.54, 1.807) is 6.07 Å². The molecule has 2 aliphatic carbocycles. The Bertz CT molecular complexity index is 1130. The SMILES string of the molecule is CC(=O)C1=C(O)C(CO)C(CC2CC(=O)c3c(O)cc(-c4ccccc4)cc3C2)CC1=O.O.O.[HH].[HH]. The number of phenols is 1. The smallest absolute Gasteiger partial charge is 0.170 e. The number of aromatic hydroxyl groups is 1. The summed E-state index contributed by atoms with van der Waals surface area (Å²) in [6, 6.07) is 13.1. The number of aliphatic hydroxyl groups excluding tert-OH is 2. The van der Waals surface area contributed by atoms with E-state index < -0.39 is 17.5 Å². The number of ketones is 3. The summed E-state index contributed by atoms with van der Waals surface area (Å²) >= 11 is 0. The number of hydrogen-bond acceptors (Lipinski definition) is 6. The van der Waals surface area contributed by atoms with E-state index in [1.165, 1.54) is 6.92 Å². The molecule has 4 rings (SSSR count). The molecule has 0 aromatic heterocycles.